The SMILES string of the molecule is CN(CCOc1ccc(C#CCN)cc1)Cc1cccs1. The summed E-state index contributed by atoms with van der Waals surface area (Å²) in [6, 6.07) is 12.0. The molecule has 0 aliphatic carbocycles. The highest BCUT2D eigenvalue weighted by Gasteiger charge is 2.01. The van der Waals surface area contributed by atoms with Crippen molar-refractivity contribution >= 4 is 11.3 Å². The molecular weight excluding hydrogens is 280 g/mol. The zero-order valence-corrected chi connectivity index (χ0v) is 13.0. The van der Waals surface area contributed by atoms with E-state index in [0.717, 1.165) is 24.4 Å². The van der Waals surface area contributed by atoms with E-state index in [-0.39, 0.29) is 0 Å². The summed E-state index contributed by atoms with van der Waals surface area (Å²) in [4.78, 5) is 3.63. The predicted octanol–water partition coefficient (Wildman–Crippen LogP) is 2.57. The van der Waals surface area contributed by atoms with E-state index in [4.69, 9.17) is 10.5 Å². The molecule has 0 fully saturated rings. The second kappa shape index (κ2) is 8.48. The lowest BCUT2D eigenvalue weighted by Gasteiger charge is -2.16. The van der Waals surface area contributed by atoms with Gasteiger partial charge < -0.3 is 10.5 Å². The highest BCUT2D eigenvalue weighted by molar-refractivity contribution is 7.09. The Morgan fingerprint density at radius 3 is 2.71 bits per heavy atom. The molecule has 0 unspecified atom stereocenters. The lowest BCUT2D eigenvalue weighted by atomic mass is 10.2. The molecule has 21 heavy (non-hydrogen) atoms. The van der Waals surface area contributed by atoms with Gasteiger partial charge in [-0.3, -0.25) is 4.90 Å². The van der Waals surface area contributed by atoms with Gasteiger partial charge in [-0.1, -0.05) is 17.9 Å². The maximum Gasteiger partial charge on any atom is 0.119 e. The molecule has 0 spiro atoms. The third-order valence-electron chi connectivity index (χ3n) is 2.94. The minimum absolute atomic E-state index is 0.384. The van der Waals surface area contributed by atoms with Crippen molar-refractivity contribution in [2.75, 3.05) is 26.7 Å². The average Bonchev–Trinajstić information content (AvgIpc) is 2.99. The van der Waals surface area contributed by atoms with Crippen LogP contribution in [-0.2, 0) is 6.54 Å². The molecule has 3 nitrogen and oxygen atoms in total. The maximum absolute atomic E-state index is 5.74. The van der Waals surface area contributed by atoms with E-state index >= 15 is 0 Å². The van der Waals surface area contributed by atoms with Crippen LogP contribution in [0.4, 0.5) is 0 Å². The summed E-state index contributed by atoms with van der Waals surface area (Å²) in [6.45, 7) is 2.92. The number of nitrogens with zero attached hydrogens (tertiary/aromatic N) is 1. The summed E-state index contributed by atoms with van der Waals surface area (Å²) < 4.78 is 5.74. The molecule has 0 aliphatic rings. The van der Waals surface area contributed by atoms with E-state index in [2.05, 4.69) is 41.3 Å². The smallest absolute Gasteiger partial charge is 0.119 e. The van der Waals surface area contributed by atoms with Gasteiger partial charge in [0, 0.05) is 23.5 Å². The molecule has 0 saturated carbocycles. The van der Waals surface area contributed by atoms with Gasteiger partial charge in [-0.25, -0.2) is 0 Å². The van der Waals surface area contributed by atoms with Crippen molar-refractivity contribution in [1.82, 2.24) is 4.90 Å². The normalized spacial score (nSPS) is 10.2. The van der Waals surface area contributed by atoms with Crippen LogP contribution < -0.4 is 10.5 Å². The second-order valence-corrected chi connectivity index (χ2v) is 5.73. The van der Waals surface area contributed by atoms with Gasteiger partial charge in [-0.15, -0.1) is 11.3 Å². The first-order valence-corrected chi connectivity index (χ1v) is 7.78. The molecule has 4 heteroatoms. The minimum Gasteiger partial charge on any atom is -0.492 e. The van der Waals surface area contributed by atoms with Crippen LogP contribution in [0.15, 0.2) is 41.8 Å². The monoisotopic (exact) mass is 300 g/mol. The van der Waals surface area contributed by atoms with E-state index in [0.29, 0.717) is 13.2 Å². The Morgan fingerprint density at radius 2 is 2.05 bits per heavy atom. The largest absolute Gasteiger partial charge is 0.492 e. The topological polar surface area (TPSA) is 38.5 Å². The van der Waals surface area contributed by atoms with E-state index in [1.165, 1.54) is 4.88 Å². The van der Waals surface area contributed by atoms with Crippen LogP contribution in [0.1, 0.15) is 10.4 Å². The van der Waals surface area contributed by atoms with Crippen molar-refractivity contribution in [3.8, 4) is 17.6 Å². The van der Waals surface area contributed by atoms with E-state index in [1.54, 1.807) is 11.3 Å². The first kappa shape index (κ1) is 15.6. The number of benzene rings is 1. The van der Waals surface area contributed by atoms with E-state index < -0.39 is 0 Å². The van der Waals surface area contributed by atoms with Crippen LogP contribution in [0.25, 0.3) is 0 Å². The van der Waals surface area contributed by atoms with Crippen molar-refractivity contribution in [2.24, 2.45) is 5.73 Å². The number of likely N-dealkylation sites (N-methyl/N-ethyl adjacent to an activating group) is 1. The third-order valence-corrected chi connectivity index (χ3v) is 3.80. The number of hydrogen-bond acceptors (Lipinski definition) is 4. The van der Waals surface area contributed by atoms with Crippen molar-refractivity contribution in [1.29, 1.82) is 0 Å². The molecule has 0 aliphatic heterocycles. The predicted molar refractivity (Wildman–Crippen MR) is 88.5 cm³/mol. The Kier molecular flexibility index (Phi) is 6.29. The van der Waals surface area contributed by atoms with Crippen molar-refractivity contribution in [3.63, 3.8) is 0 Å². The lowest BCUT2D eigenvalue weighted by Crippen LogP contribution is -2.23. The van der Waals surface area contributed by atoms with Crippen molar-refractivity contribution < 1.29 is 4.74 Å². The zero-order chi connectivity index (χ0) is 14.9. The Hall–Kier alpha value is -1.80. The maximum atomic E-state index is 5.74. The molecule has 0 bridgehead atoms. The molecule has 1 aromatic carbocycles. The van der Waals surface area contributed by atoms with Gasteiger partial charge in [-0.05, 0) is 42.8 Å². The highest BCUT2D eigenvalue weighted by Crippen LogP contribution is 2.13. The molecule has 0 atom stereocenters. The summed E-state index contributed by atoms with van der Waals surface area (Å²) in [5, 5.41) is 2.11. The molecular formula is C17H20N2OS. The molecule has 0 radical (unpaired) electrons. The van der Waals surface area contributed by atoms with Gasteiger partial charge in [0.25, 0.3) is 0 Å². The molecule has 2 rings (SSSR count). The third kappa shape index (κ3) is 5.60. The van der Waals surface area contributed by atoms with Gasteiger partial charge in [0.15, 0.2) is 0 Å². The number of thiophene rings is 1. The van der Waals surface area contributed by atoms with Gasteiger partial charge in [0.1, 0.15) is 12.4 Å². The molecule has 0 amide bonds. The van der Waals surface area contributed by atoms with Crippen LogP contribution in [-0.4, -0.2) is 31.6 Å². The number of nitrogens with two attached hydrogens (primary N) is 1. The number of rotatable bonds is 6. The summed E-state index contributed by atoms with van der Waals surface area (Å²) >= 11 is 1.78. The fourth-order valence-electron chi connectivity index (χ4n) is 1.85. The van der Waals surface area contributed by atoms with E-state index in [1.807, 2.05) is 24.3 Å². The van der Waals surface area contributed by atoms with Crippen LogP contribution in [0.3, 0.4) is 0 Å². The van der Waals surface area contributed by atoms with Crippen molar-refractivity contribution in [2.45, 2.75) is 6.54 Å². The van der Waals surface area contributed by atoms with Gasteiger partial charge >= 0.3 is 0 Å². The van der Waals surface area contributed by atoms with E-state index in [9.17, 15) is 0 Å². The summed E-state index contributed by atoms with van der Waals surface area (Å²) in [6.07, 6.45) is 0. The molecule has 2 aromatic rings. The van der Waals surface area contributed by atoms with Gasteiger partial charge in [0.2, 0.25) is 0 Å². The number of ether oxygens (including phenoxy) is 1. The van der Waals surface area contributed by atoms with Crippen LogP contribution in [0.5, 0.6) is 5.75 Å². The number of hydrogen-bond donors (Lipinski definition) is 1. The first-order chi connectivity index (χ1) is 10.3. The van der Waals surface area contributed by atoms with Crippen LogP contribution in [0.2, 0.25) is 0 Å². The van der Waals surface area contributed by atoms with Gasteiger partial charge in [0.05, 0.1) is 6.54 Å². The molecule has 1 aromatic heterocycles. The average molecular weight is 300 g/mol. The standard InChI is InChI=1S/C17H20N2OS/c1-19(14-17-5-3-13-21-17)11-12-20-16-8-6-15(7-9-16)4-2-10-18/h3,5-9,13H,10-12,14,18H2,1H3. The fourth-order valence-corrected chi connectivity index (χ4v) is 2.64. The van der Waals surface area contributed by atoms with Crippen LogP contribution >= 0.6 is 11.3 Å². The lowest BCUT2D eigenvalue weighted by molar-refractivity contribution is 0.234. The Bertz CT molecular complexity index is 581. The molecule has 110 valence electrons. The molecule has 1 heterocycles. The van der Waals surface area contributed by atoms with Crippen LogP contribution in [0, 0.1) is 11.8 Å². The highest BCUT2D eigenvalue weighted by atomic mass is 32.1. The second-order valence-electron chi connectivity index (χ2n) is 4.70. The Balaban J connectivity index is 1.73. The minimum atomic E-state index is 0.384. The summed E-state index contributed by atoms with van der Waals surface area (Å²) in [5.41, 5.74) is 6.31. The zero-order valence-electron chi connectivity index (χ0n) is 12.2. The molecule has 2 N–H and O–H groups in total. The first-order valence-electron chi connectivity index (χ1n) is 6.90. The quantitative estimate of drug-likeness (QED) is 0.833. The Labute approximate surface area is 130 Å². The van der Waals surface area contributed by atoms with Gasteiger partial charge in [-0.2, -0.15) is 0 Å². The Morgan fingerprint density at radius 1 is 1.24 bits per heavy atom. The van der Waals surface area contributed by atoms with Crippen molar-refractivity contribution in [3.05, 3.63) is 52.2 Å². The summed E-state index contributed by atoms with van der Waals surface area (Å²) in [7, 11) is 2.11. The molecule has 0 saturated heterocycles. The summed E-state index contributed by atoms with van der Waals surface area (Å²) in [5.74, 6) is 6.70. The fraction of sp³-hybridized carbons (Fsp3) is 0.294.